The van der Waals surface area contributed by atoms with Crippen molar-refractivity contribution >= 4 is 35.6 Å². The van der Waals surface area contributed by atoms with Gasteiger partial charge in [-0.25, -0.2) is 4.79 Å². The molecule has 1 aliphatic rings. The van der Waals surface area contributed by atoms with Gasteiger partial charge in [0, 0.05) is 0 Å². The van der Waals surface area contributed by atoms with Crippen molar-refractivity contribution in [3.05, 3.63) is 51.9 Å². The summed E-state index contributed by atoms with van der Waals surface area (Å²) >= 11 is 1.13. The van der Waals surface area contributed by atoms with Gasteiger partial charge in [0.25, 0.3) is 11.5 Å². The Morgan fingerprint density at radius 3 is 2.49 bits per heavy atom. The number of ether oxygens (including phenoxy) is 3. The average Bonchev–Trinajstić information content (AvgIpc) is 2.90. The number of carbonyl (C=O) groups is 4. The summed E-state index contributed by atoms with van der Waals surface area (Å²) in [5.74, 6) is -4.74. The first kappa shape index (κ1) is 27.8. The van der Waals surface area contributed by atoms with Gasteiger partial charge >= 0.3 is 17.9 Å². The van der Waals surface area contributed by atoms with Crippen LogP contribution in [-0.4, -0.2) is 70.1 Å². The van der Waals surface area contributed by atoms with Crippen LogP contribution in [0.4, 0.5) is 0 Å². The largest absolute Gasteiger partial charge is 0.463 e. The van der Waals surface area contributed by atoms with Crippen LogP contribution in [-0.2, 0) is 35.0 Å². The summed E-state index contributed by atoms with van der Waals surface area (Å²) in [6.07, 6.45) is -0.382. The lowest BCUT2D eigenvalue weighted by Crippen LogP contribution is -2.48. The normalized spacial score (nSPS) is 22.2. The third-order valence-electron chi connectivity index (χ3n) is 5.55. The molecule has 2 heterocycles. The van der Waals surface area contributed by atoms with Crippen molar-refractivity contribution in [1.82, 2.24) is 20.5 Å². The summed E-state index contributed by atoms with van der Waals surface area (Å²) in [5.41, 5.74) is -0.595. The minimum atomic E-state index is -1.45. The standard InChI is InChI=1S/C24H28N4O8S/c1-12(2)21(31)36-18-13(3)35-23(33)16(25-19(29)17-20(30)26-24(37-4)28-27-17)11-34-22(32)15(18)10-14-8-6-5-7-9-14/h5-9,12-13,15-16,18H,10-11H2,1-4H3,(H,25,29)(H,26,28,30)/t13-,15+,16?,18?/m0/s1. The zero-order valence-corrected chi connectivity index (χ0v) is 21.6. The van der Waals surface area contributed by atoms with Crippen molar-refractivity contribution in [3.63, 3.8) is 0 Å². The first-order chi connectivity index (χ1) is 17.6. The van der Waals surface area contributed by atoms with E-state index in [1.807, 2.05) is 18.2 Å². The lowest BCUT2D eigenvalue weighted by molar-refractivity contribution is -0.176. The number of hydrogen-bond acceptors (Lipinski definition) is 11. The highest BCUT2D eigenvalue weighted by Crippen LogP contribution is 2.24. The number of hydrogen-bond donors (Lipinski definition) is 2. The van der Waals surface area contributed by atoms with Crippen LogP contribution < -0.4 is 10.9 Å². The van der Waals surface area contributed by atoms with Gasteiger partial charge in [0.05, 0.1) is 5.92 Å². The number of esters is 3. The van der Waals surface area contributed by atoms with E-state index in [9.17, 15) is 24.0 Å². The number of nitrogens with zero attached hydrogens (tertiary/aromatic N) is 2. The van der Waals surface area contributed by atoms with E-state index >= 15 is 0 Å². The van der Waals surface area contributed by atoms with Crippen LogP contribution in [0.15, 0.2) is 40.3 Å². The molecule has 1 aromatic heterocycles. The van der Waals surface area contributed by atoms with E-state index < -0.39 is 71.8 Å². The Bertz CT molecular complexity index is 1200. The fourth-order valence-electron chi connectivity index (χ4n) is 3.54. The predicted molar refractivity (Wildman–Crippen MR) is 131 cm³/mol. The van der Waals surface area contributed by atoms with Gasteiger partial charge in [-0.3, -0.25) is 24.2 Å². The van der Waals surface area contributed by atoms with E-state index in [4.69, 9.17) is 14.2 Å². The highest BCUT2D eigenvalue weighted by atomic mass is 32.2. The van der Waals surface area contributed by atoms with Crippen molar-refractivity contribution in [1.29, 1.82) is 0 Å². The van der Waals surface area contributed by atoms with E-state index in [0.717, 1.165) is 17.3 Å². The topological polar surface area (TPSA) is 167 Å². The van der Waals surface area contributed by atoms with E-state index in [2.05, 4.69) is 20.5 Å². The maximum absolute atomic E-state index is 13.2. The molecule has 0 spiro atoms. The molecule has 1 amide bonds. The zero-order chi connectivity index (χ0) is 27.1. The van der Waals surface area contributed by atoms with Gasteiger partial charge in [-0.05, 0) is 25.2 Å². The Hall–Kier alpha value is -3.74. The quantitative estimate of drug-likeness (QED) is 0.295. The SMILES string of the molecule is CSc1nnc(C(=O)NC2COC(=O)[C@H](Cc3ccccc3)C(OC(=O)C(C)C)[C@H](C)OC2=O)c(=O)[nH]1. The molecule has 198 valence electrons. The minimum Gasteiger partial charge on any atom is -0.463 e. The van der Waals surface area contributed by atoms with Crippen molar-refractivity contribution in [2.24, 2.45) is 11.8 Å². The highest BCUT2D eigenvalue weighted by Gasteiger charge is 2.42. The van der Waals surface area contributed by atoms with Crippen LogP contribution in [0.3, 0.4) is 0 Å². The molecular formula is C24H28N4O8S. The Morgan fingerprint density at radius 2 is 1.86 bits per heavy atom. The number of rotatable bonds is 7. The molecule has 2 unspecified atom stereocenters. The van der Waals surface area contributed by atoms with Gasteiger partial charge < -0.3 is 19.5 Å². The summed E-state index contributed by atoms with van der Waals surface area (Å²) in [7, 11) is 0. The predicted octanol–water partition coefficient (Wildman–Crippen LogP) is 0.900. The van der Waals surface area contributed by atoms with Crippen molar-refractivity contribution < 1.29 is 33.4 Å². The molecular weight excluding hydrogens is 504 g/mol. The van der Waals surface area contributed by atoms with Crippen LogP contribution in [0.25, 0.3) is 0 Å². The molecule has 1 aromatic carbocycles. The number of thioether (sulfide) groups is 1. The average molecular weight is 533 g/mol. The van der Waals surface area contributed by atoms with Gasteiger partial charge in [-0.15, -0.1) is 10.2 Å². The van der Waals surface area contributed by atoms with E-state index in [-0.39, 0.29) is 11.6 Å². The molecule has 0 radical (unpaired) electrons. The molecule has 0 bridgehead atoms. The number of benzene rings is 1. The number of H-pyrrole nitrogens is 1. The molecule has 1 fully saturated rings. The second-order valence-corrected chi connectivity index (χ2v) is 9.46. The maximum Gasteiger partial charge on any atom is 0.332 e. The van der Waals surface area contributed by atoms with Gasteiger partial charge in [0.2, 0.25) is 5.69 Å². The molecule has 3 rings (SSSR count). The molecule has 2 aromatic rings. The van der Waals surface area contributed by atoms with Gasteiger partial charge in [0.1, 0.15) is 18.6 Å². The summed E-state index contributed by atoms with van der Waals surface area (Å²) in [6, 6.07) is 7.59. The second kappa shape index (κ2) is 12.5. The number of aromatic nitrogens is 3. The van der Waals surface area contributed by atoms with Crippen LogP contribution in [0, 0.1) is 11.8 Å². The number of aromatic amines is 1. The maximum atomic E-state index is 13.2. The molecule has 0 saturated carbocycles. The van der Waals surface area contributed by atoms with Gasteiger partial charge in [-0.1, -0.05) is 55.9 Å². The summed E-state index contributed by atoms with van der Waals surface area (Å²) in [5, 5.41) is 9.83. The molecule has 37 heavy (non-hydrogen) atoms. The monoisotopic (exact) mass is 532 g/mol. The Kier molecular flexibility index (Phi) is 9.39. The molecule has 1 aliphatic heterocycles. The minimum absolute atomic E-state index is 0.154. The number of nitrogens with one attached hydrogen (secondary N) is 2. The van der Waals surface area contributed by atoms with E-state index in [1.165, 1.54) is 6.92 Å². The molecule has 0 aliphatic carbocycles. The molecule has 2 N–H and O–H groups in total. The molecule has 4 atom stereocenters. The lowest BCUT2D eigenvalue weighted by atomic mass is 9.91. The fourth-order valence-corrected chi connectivity index (χ4v) is 3.86. The third kappa shape index (κ3) is 7.15. The summed E-state index contributed by atoms with van der Waals surface area (Å²) < 4.78 is 16.5. The molecule has 13 heteroatoms. The zero-order valence-electron chi connectivity index (χ0n) is 20.8. The highest BCUT2D eigenvalue weighted by molar-refractivity contribution is 7.98. The van der Waals surface area contributed by atoms with Crippen LogP contribution in [0.2, 0.25) is 0 Å². The van der Waals surface area contributed by atoms with Gasteiger partial charge in [0.15, 0.2) is 17.3 Å². The first-order valence-corrected chi connectivity index (χ1v) is 12.8. The second-order valence-electron chi connectivity index (χ2n) is 8.66. The third-order valence-corrected chi connectivity index (χ3v) is 6.12. The number of amides is 1. The smallest absolute Gasteiger partial charge is 0.332 e. The van der Waals surface area contributed by atoms with Crippen molar-refractivity contribution in [2.75, 3.05) is 12.9 Å². The van der Waals surface area contributed by atoms with Gasteiger partial charge in [-0.2, -0.15) is 0 Å². The lowest BCUT2D eigenvalue weighted by Gasteiger charge is -2.29. The van der Waals surface area contributed by atoms with Crippen LogP contribution in [0.5, 0.6) is 0 Å². The van der Waals surface area contributed by atoms with Crippen LogP contribution >= 0.6 is 11.8 Å². The molecule has 12 nitrogen and oxygen atoms in total. The van der Waals surface area contributed by atoms with Crippen molar-refractivity contribution in [2.45, 2.75) is 50.6 Å². The Labute approximate surface area is 216 Å². The summed E-state index contributed by atoms with van der Waals surface area (Å²) in [4.78, 5) is 65.8. The number of cyclic esters (lactones) is 2. The Morgan fingerprint density at radius 1 is 1.16 bits per heavy atom. The van der Waals surface area contributed by atoms with Crippen molar-refractivity contribution in [3.8, 4) is 0 Å². The van der Waals surface area contributed by atoms with Crippen LogP contribution in [0.1, 0.15) is 36.8 Å². The Balaban J connectivity index is 1.86. The van der Waals surface area contributed by atoms with E-state index in [1.54, 1.807) is 32.2 Å². The number of carbonyl (C=O) groups excluding carboxylic acids is 4. The summed E-state index contributed by atoms with van der Waals surface area (Å²) in [6.45, 7) is 4.20. The van der Waals surface area contributed by atoms with E-state index in [0.29, 0.717) is 0 Å². The fraction of sp³-hybridized carbons (Fsp3) is 0.458. The first-order valence-electron chi connectivity index (χ1n) is 11.5. The molecule has 1 saturated heterocycles.